The molecule has 0 aliphatic rings. The zero-order chi connectivity index (χ0) is 12.4. The molecule has 0 spiro atoms. The number of para-hydroxylation sites is 1. The molecule has 0 bridgehead atoms. The largest absolute Gasteiger partial charge is 0.396 e. The number of anilines is 1. The minimum Gasteiger partial charge on any atom is -0.396 e. The molecule has 0 amide bonds. The lowest BCUT2D eigenvalue weighted by Crippen LogP contribution is -1.92. The van der Waals surface area contributed by atoms with Gasteiger partial charge in [0.2, 0.25) is 0 Å². The van der Waals surface area contributed by atoms with Crippen LogP contribution in [-0.4, -0.2) is 19.9 Å². The van der Waals surface area contributed by atoms with E-state index in [1.54, 1.807) is 18.7 Å². The van der Waals surface area contributed by atoms with Gasteiger partial charge in [-0.15, -0.1) is 0 Å². The van der Waals surface area contributed by atoms with Gasteiger partial charge < -0.3 is 5.73 Å². The highest BCUT2D eigenvalue weighted by Gasteiger charge is 2.06. The summed E-state index contributed by atoms with van der Waals surface area (Å²) in [5.74, 6) is 0. The van der Waals surface area contributed by atoms with Crippen molar-refractivity contribution in [3.05, 3.63) is 43.0 Å². The third-order valence-corrected chi connectivity index (χ3v) is 3.25. The van der Waals surface area contributed by atoms with E-state index in [0.29, 0.717) is 10.8 Å². The van der Waals surface area contributed by atoms with Gasteiger partial charge in [0.1, 0.15) is 11.4 Å². The lowest BCUT2D eigenvalue weighted by molar-refractivity contribution is 0.964. The fourth-order valence-electron chi connectivity index (χ4n) is 1.53. The van der Waals surface area contributed by atoms with Gasteiger partial charge in [-0.05, 0) is 17.8 Å². The van der Waals surface area contributed by atoms with Gasteiger partial charge in [0.25, 0.3) is 0 Å². The van der Waals surface area contributed by atoms with Gasteiger partial charge in [-0.1, -0.05) is 18.2 Å². The molecule has 88 valence electrons. The zero-order valence-corrected chi connectivity index (χ0v) is 10.1. The molecular weight excluding hydrogens is 246 g/mol. The van der Waals surface area contributed by atoms with Crippen molar-refractivity contribution in [3.8, 4) is 0 Å². The summed E-state index contributed by atoms with van der Waals surface area (Å²) in [5.41, 5.74) is 7.01. The summed E-state index contributed by atoms with van der Waals surface area (Å²) in [6.07, 6.45) is 4.71. The molecule has 3 rings (SSSR count). The third kappa shape index (κ3) is 2.10. The van der Waals surface area contributed by atoms with Crippen LogP contribution in [0.2, 0.25) is 0 Å². The second-order valence-electron chi connectivity index (χ2n) is 3.60. The summed E-state index contributed by atoms with van der Waals surface area (Å²) in [6, 6.07) is 7.84. The summed E-state index contributed by atoms with van der Waals surface area (Å²) < 4.78 is 0. The molecular formula is C12H9N5S. The normalized spacial score (nSPS) is 10.7. The van der Waals surface area contributed by atoms with Gasteiger partial charge in [0.15, 0.2) is 5.16 Å². The van der Waals surface area contributed by atoms with Gasteiger partial charge in [-0.25, -0.2) is 19.9 Å². The highest BCUT2D eigenvalue weighted by atomic mass is 32.2. The van der Waals surface area contributed by atoms with E-state index >= 15 is 0 Å². The molecule has 0 saturated carbocycles. The number of nitrogen functional groups attached to an aromatic ring is 1. The van der Waals surface area contributed by atoms with Crippen molar-refractivity contribution in [3.63, 3.8) is 0 Å². The average Bonchev–Trinajstić information content (AvgIpc) is 2.42. The van der Waals surface area contributed by atoms with Crippen LogP contribution < -0.4 is 5.73 Å². The number of benzene rings is 1. The Morgan fingerprint density at radius 1 is 0.944 bits per heavy atom. The number of rotatable bonds is 2. The van der Waals surface area contributed by atoms with Crippen molar-refractivity contribution in [1.29, 1.82) is 0 Å². The van der Waals surface area contributed by atoms with Crippen molar-refractivity contribution >= 4 is 28.4 Å². The molecule has 0 fully saturated rings. The molecule has 2 N–H and O–H groups in total. The smallest absolute Gasteiger partial charge is 0.194 e. The number of hydrogen-bond donors (Lipinski definition) is 1. The van der Waals surface area contributed by atoms with E-state index in [1.165, 1.54) is 11.8 Å². The second kappa shape index (κ2) is 4.58. The molecule has 3 aromatic rings. The Morgan fingerprint density at radius 2 is 1.72 bits per heavy atom. The molecule has 0 saturated heterocycles. The maximum absolute atomic E-state index is 5.55. The molecule has 0 atom stereocenters. The number of hydrogen-bond acceptors (Lipinski definition) is 6. The molecule has 1 aromatic carbocycles. The van der Waals surface area contributed by atoms with Crippen LogP contribution >= 0.6 is 11.8 Å². The summed E-state index contributed by atoms with van der Waals surface area (Å²) in [5, 5.41) is 2.45. The van der Waals surface area contributed by atoms with E-state index in [4.69, 9.17) is 5.73 Å². The SMILES string of the molecule is Nc1cnc(Sc2ncnc3ccccc23)nc1. The molecule has 2 aromatic heterocycles. The Bertz CT molecular complexity index is 678. The molecule has 6 heteroatoms. The maximum atomic E-state index is 5.55. The van der Waals surface area contributed by atoms with Crippen molar-refractivity contribution in [1.82, 2.24) is 19.9 Å². The van der Waals surface area contributed by atoms with Crippen LogP contribution in [0.25, 0.3) is 10.9 Å². The topological polar surface area (TPSA) is 77.6 Å². The van der Waals surface area contributed by atoms with E-state index in [2.05, 4.69) is 19.9 Å². The van der Waals surface area contributed by atoms with Crippen LogP contribution in [0.4, 0.5) is 5.69 Å². The van der Waals surface area contributed by atoms with E-state index in [1.807, 2.05) is 24.3 Å². The first-order valence-corrected chi connectivity index (χ1v) is 6.10. The summed E-state index contributed by atoms with van der Waals surface area (Å²) >= 11 is 1.40. The van der Waals surface area contributed by atoms with E-state index in [0.717, 1.165) is 15.9 Å². The van der Waals surface area contributed by atoms with E-state index < -0.39 is 0 Å². The lowest BCUT2D eigenvalue weighted by atomic mass is 10.2. The minimum absolute atomic E-state index is 0.548. The first kappa shape index (κ1) is 10.9. The fourth-order valence-corrected chi connectivity index (χ4v) is 2.29. The molecule has 2 heterocycles. The average molecular weight is 255 g/mol. The Kier molecular flexibility index (Phi) is 2.77. The molecule has 5 nitrogen and oxygen atoms in total. The van der Waals surface area contributed by atoms with Crippen LogP contribution in [0.3, 0.4) is 0 Å². The minimum atomic E-state index is 0.548. The lowest BCUT2D eigenvalue weighted by Gasteiger charge is -2.03. The van der Waals surface area contributed by atoms with Crippen LogP contribution in [0.15, 0.2) is 53.2 Å². The van der Waals surface area contributed by atoms with Crippen LogP contribution in [0.5, 0.6) is 0 Å². The first-order chi connectivity index (χ1) is 8.83. The number of fused-ring (bicyclic) bond motifs is 1. The molecule has 0 unspecified atom stereocenters. The standard InChI is InChI=1S/C12H9N5S/c13-8-5-14-12(15-6-8)18-11-9-3-1-2-4-10(9)16-7-17-11/h1-7H,13H2. The number of aromatic nitrogens is 4. The fraction of sp³-hybridized carbons (Fsp3) is 0. The molecule has 18 heavy (non-hydrogen) atoms. The Balaban J connectivity index is 2.02. The van der Waals surface area contributed by atoms with Gasteiger partial charge >= 0.3 is 0 Å². The predicted octanol–water partition coefficient (Wildman–Crippen LogP) is 2.15. The van der Waals surface area contributed by atoms with Crippen LogP contribution in [-0.2, 0) is 0 Å². The van der Waals surface area contributed by atoms with E-state index in [9.17, 15) is 0 Å². The third-order valence-electron chi connectivity index (χ3n) is 2.34. The van der Waals surface area contributed by atoms with Crippen molar-refractivity contribution < 1.29 is 0 Å². The highest BCUT2D eigenvalue weighted by Crippen LogP contribution is 2.28. The van der Waals surface area contributed by atoms with Gasteiger partial charge in [-0.3, -0.25) is 0 Å². The van der Waals surface area contributed by atoms with Gasteiger partial charge in [-0.2, -0.15) is 0 Å². The number of nitrogens with zero attached hydrogens (tertiary/aromatic N) is 4. The quantitative estimate of drug-likeness (QED) is 0.558. The monoisotopic (exact) mass is 255 g/mol. The first-order valence-electron chi connectivity index (χ1n) is 5.28. The summed E-state index contributed by atoms with van der Waals surface area (Å²) in [6.45, 7) is 0. The number of nitrogens with two attached hydrogens (primary N) is 1. The van der Waals surface area contributed by atoms with Crippen molar-refractivity contribution in [2.45, 2.75) is 10.2 Å². The summed E-state index contributed by atoms with van der Waals surface area (Å²) in [4.78, 5) is 16.8. The van der Waals surface area contributed by atoms with Gasteiger partial charge in [0.05, 0.1) is 23.6 Å². The Morgan fingerprint density at radius 3 is 2.56 bits per heavy atom. The predicted molar refractivity (Wildman–Crippen MR) is 70.1 cm³/mol. The summed E-state index contributed by atoms with van der Waals surface area (Å²) in [7, 11) is 0. The van der Waals surface area contributed by atoms with Crippen LogP contribution in [0.1, 0.15) is 0 Å². The molecule has 0 aliphatic carbocycles. The van der Waals surface area contributed by atoms with Crippen LogP contribution in [0, 0.1) is 0 Å². The molecule has 0 radical (unpaired) electrons. The Hall–Kier alpha value is -2.21. The zero-order valence-electron chi connectivity index (χ0n) is 9.32. The van der Waals surface area contributed by atoms with Crippen molar-refractivity contribution in [2.75, 3.05) is 5.73 Å². The Labute approximate surface area is 108 Å². The van der Waals surface area contributed by atoms with Gasteiger partial charge in [0, 0.05) is 5.39 Å². The molecule has 0 aliphatic heterocycles. The second-order valence-corrected chi connectivity index (χ2v) is 4.55. The van der Waals surface area contributed by atoms with Crippen molar-refractivity contribution in [2.24, 2.45) is 0 Å². The van der Waals surface area contributed by atoms with E-state index in [-0.39, 0.29) is 0 Å². The highest BCUT2D eigenvalue weighted by molar-refractivity contribution is 7.99. The maximum Gasteiger partial charge on any atom is 0.194 e.